The first kappa shape index (κ1) is 30.7. The monoisotopic (exact) mass is 697 g/mol. The molecule has 0 amide bonds. The first-order valence-electron chi connectivity index (χ1n) is 12.9. The number of allylic oxidation sites excluding steroid dienone is 1. The molecule has 0 saturated heterocycles. The van der Waals surface area contributed by atoms with Gasteiger partial charge in [0.05, 0.1) is 26.4 Å². The molecular formula is C26H20FN3O11S4. The largest absolute Gasteiger partial charge is 0.748 e. The van der Waals surface area contributed by atoms with E-state index in [9.17, 15) is 37.6 Å². The molecule has 0 fully saturated rings. The lowest BCUT2D eigenvalue weighted by Crippen LogP contribution is -2.39. The van der Waals surface area contributed by atoms with E-state index in [1.54, 1.807) is 5.38 Å². The van der Waals surface area contributed by atoms with Crippen molar-refractivity contribution < 1.29 is 55.9 Å². The average Bonchev–Trinajstić information content (AvgIpc) is 3.76. The van der Waals surface area contributed by atoms with Crippen LogP contribution in [0.3, 0.4) is 0 Å². The van der Waals surface area contributed by atoms with Gasteiger partial charge in [-0.25, -0.2) is 17.6 Å². The summed E-state index contributed by atoms with van der Waals surface area (Å²) in [5, 5.41) is 21.2. The van der Waals surface area contributed by atoms with Gasteiger partial charge in [-0.2, -0.15) is 4.57 Å². The molecule has 0 radical (unpaired) electrons. The van der Waals surface area contributed by atoms with Gasteiger partial charge in [-0.05, 0) is 17.9 Å². The van der Waals surface area contributed by atoms with Crippen LogP contribution >= 0.6 is 34.0 Å². The number of hydrogen-bond donors (Lipinski definition) is 2. The number of carboxylic acids is 2. The summed E-state index contributed by atoms with van der Waals surface area (Å²) < 4.78 is 69.3. The highest BCUT2D eigenvalue weighted by atomic mass is 32.2. The molecule has 236 valence electrons. The third kappa shape index (κ3) is 6.29. The van der Waals surface area contributed by atoms with E-state index in [-0.39, 0.29) is 41.2 Å². The summed E-state index contributed by atoms with van der Waals surface area (Å²) in [5.74, 6) is -3.73. The number of carbonyl (C=O) groups is 2. The normalized spacial score (nSPS) is 16.0. The van der Waals surface area contributed by atoms with Crippen LogP contribution in [0.5, 0.6) is 17.2 Å². The zero-order valence-corrected chi connectivity index (χ0v) is 25.9. The van der Waals surface area contributed by atoms with E-state index in [0.717, 1.165) is 26.7 Å². The van der Waals surface area contributed by atoms with Crippen molar-refractivity contribution in [2.24, 2.45) is 0 Å². The second-order valence-corrected chi connectivity index (χ2v) is 14.1. The quantitative estimate of drug-likeness (QED) is 0.177. The minimum Gasteiger partial charge on any atom is -0.748 e. The Kier molecular flexibility index (Phi) is 8.12. The summed E-state index contributed by atoms with van der Waals surface area (Å²) in [6.45, 7) is -1.30. The number of benzene rings is 1. The summed E-state index contributed by atoms with van der Waals surface area (Å²) in [6.07, 6.45) is 2.19. The van der Waals surface area contributed by atoms with Gasteiger partial charge in [0, 0.05) is 30.5 Å². The van der Waals surface area contributed by atoms with E-state index in [1.165, 1.54) is 50.3 Å². The molecule has 0 bridgehead atoms. The zero-order valence-electron chi connectivity index (χ0n) is 22.6. The Bertz CT molecular complexity index is 2200. The molecular weight excluding hydrogens is 678 g/mol. The van der Waals surface area contributed by atoms with E-state index < -0.39 is 51.6 Å². The summed E-state index contributed by atoms with van der Waals surface area (Å²) >= 11 is 3.36. The molecule has 5 heterocycles. The van der Waals surface area contributed by atoms with Gasteiger partial charge in [-0.15, -0.1) is 11.3 Å². The fourth-order valence-corrected chi connectivity index (χ4v) is 8.49. The predicted molar refractivity (Wildman–Crippen MR) is 159 cm³/mol. The van der Waals surface area contributed by atoms with Crippen molar-refractivity contribution in [1.82, 2.24) is 4.57 Å². The maximum Gasteiger partial charge on any atom is 0.370 e. The topological polar surface area (TPSA) is 189 Å². The molecule has 0 unspecified atom stereocenters. The summed E-state index contributed by atoms with van der Waals surface area (Å²) in [5.41, 5.74) is -0.502. The summed E-state index contributed by atoms with van der Waals surface area (Å²) in [6, 6.07) is 4.79. The Hall–Kier alpha value is -4.30. The standard InChI is InChI=1S/C26H20FN3O11S4/c27-13(25-28(3-1-5-45(36,37)38)14-7-16-17(40-12-39-16)8-15(14)41-25)6-19-24(35)29(10-22(31)32)20(44-19)9-21-30(11-23(33)34)26-18(43-21)2-4-42-26/h2,4,6-9H,1,3,5,10-12H2,(H2-,31,32,33,34,36,37,38)/b19-6+,25-13?. The lowest BCUT2D eigenvalue weighted by atomic mass is 10.2. The maximum atomic E-state index is 16.0. The predicted octanol–water partition coefficient (Wildman–Crippen LogP) is 0.954. The highest BCUT2D eigenvalue weighted by Gasteiger charge is 2.33. The molecule has 3 aromatic heterocycles. The third-order valence-corrected chi connectivity index (χ3v) is 10.6. The first-order chi connectivity index (χ1) is 21.4. The molecule has 2 aliphatic rings. The fraction of sp³-hybridized carbons (Fsp3) is 0.231. The lowest BCUT2D eigenvalue weighted by Gasteiger charge is -2.19. The molecule has 0 saturated carbocycles. The van der Waals surface area contributed by atoms with Gasteiger partial charge in [0.1, 0.15) is 15.9 Å². The van der Waals surface area contributed by atoms with Gasteiger partial charge in [0.15, 0.2) is 23.1 Å². The van der Waals surface area contributed by atoms with Gasteiger partial charge in [-0.1, -0.05) is 22.7 Å². The number of aromatic nitrogens is 2. The number of hydrogen-bond acceptors (Lipinski definition) is 13. The number of halogens is 1. The zero-order chi connectivity index (χ0) is 32.0. The van der Waals surface area contributed by atoms with E-state index in [0.29, 0.717) is 27.0 Å². The number of rotatable bonds is 10. The van der Waals surface area contributed by atoms with Crippen molar-refractivity contribution in [2.45, 2.75) is 19.5 Å². The van der Waals surface area contributed by atoms with Crippen LogP contribution in [0.1, 0.15) is 11.4 Å². The first-order valence-corrected chi connectivity index (χ1v) is 17.0. The molecule has 45 heavy (non-hydrogen) atoms. The van der Waals surface area contributed by atoms with Crippen LogP contribution in [0, 0.1) is 0 Å². The average molecular weight is 698 g/mol. The molecule has 2 N–H and O–H groups in total. The maximum absolute atomic E-state index is 16.0. The number of aliphatic carboxylic acids is 2. The number of thiophene rings is 1. The molecule has 0 spiro atoms. The van der Waals surface area contributed by atoms with Crippen LogP contribution < -0.4 is 38.4 Å². The SMILES string of the molecule is O=C(O)Cn1c(=Cc2sc3ccsc3[n+]2CC(=O)O)s/c(=C/C(F)=C2Oc3cc4c(cc3N2CCCS(=O)(=O)[O-])OCO4)c1=O. The molecule has 6 rings (SSSR count). The lowest BCUT2D eigenvalue weighted by molar-refractivity contribution is -0.655. The number of anilines is 1. The van der Waals surface area contributed by atoms with Gasteiger partial charge in [0.25, 0.3) is 15.4 Å². The van der Waals surface area contributed by atoms with E-state index >= 15 is 4.39 Å². The third-order valence-electron chi connectivity index (χ3n) is 6.54. The highest BCUT2D eigenvalue weighted by Crippen LogP contribution is 2.48. The Morgan fingerprint density at radius 2 is 1.89 bits per heavy atom. The van der Waals surface area contributed by atoms with Gasteiger partial charge in [-0.3, -0.25) is 14.2 Å². The van der Waals surface area contributed by atoms with Crippen molar-refractivity contribution >= 4 is 83.4 Å². The minimum absolute atomic E-state index is 0.0439. The van der Waals surface area contributed by atoms with Gasteiger partial charge in [0.2, 0.25) is 19.2 Å². The number of fused-ring (bicyclic) bond motifs is 3. The van der Waals surface area contributed by atoms with Crippen molar-refractivity contribution in [3.8, 4) is 17.2 Å². The van der Waals surface area contributed by atoms with Crippen LogP contribution in [0.25, 0.3) is 21.7 Å². The molecule has 4 aromatic rings. The van der Waals surface area contributed by atoms with Crippen LogP contribution in [-0.4, -0.2) is 58.8 Å². The number of ether oxygens (including phenoxy) is 3. The van der Waals surface area contributed by atoms with Crippen LogP contribution in [0.15, 0.2) is 40.1 Å². The molecule has 14 nitrogen and oxygen atoms in total. The molecule has 0 atom stereocenters. The van der Waals surface area contributed by atoms with Crippen molar-refractivity contribution in [2.75, 3.05) is 24.0 Å². The summed E-state index contributed by atoms with van der Waals surface area (Å²) in [7, 11) is -4.55. The number of thiazole rings is 2. The Labute approximate surface area is 263 Å². The van der Waals surface area contributed by atoms with Crippen molar-refractivity contribution in [3.63, 3.8) is 0 Å². The second-order valence-electron chi connectivity index (χ2n) is 9.58. The molecule has 0 aliphatic carbocycles. The van der Waals surface area contributed by atoms with Crippen LogP contribution in [0.2, 0.25) is 0 Å². The Morgan fingerprint density at radius 3 is 2.60 bits per heavy atom. The van der Waals surface area contributed by atoms with Crippen molar-refractivity contribution in [3.05, 3.63) is 59.8 Å². The molecule has 1 aromatic carbocycles. The van der Waals surface area contributed by atoms with Crippen LogP contribution in [-0.2, 0) is 32.8 Å². The van der Waals surface area contributed by atoms with Gasteiger partial charge >= 0.3 is 11.9 Å². The Morgan fingerprint density at radius 1 is 1.13 bits per heavy atom. The smallest absolute Gasteiger partial charge is 0.370 e. The van der Waals surface area contributed by atoms with Crippen LogP contribution in [0.4, 0.5) is 10.1 Å². The van der Waals surface area contributed by atoms with E-state index in [1.807, 2.05) is 6.07 Å². The second kappa shape index (κ2) is 11.9. The number of nitrogens with zero attached hydrogens (tertiary/aromatic N) is 3. The fourth-order valence-electron chi connectivity index (χ4n) is 4.71. The number of carboxylic acid groups (broad SMARTS) is 2. The van der Waals surface area contributed by atoms with Gasteiger partial charge < -0.3 is 33.9 Å². The molecule has 2 aliphatic heterocycles. The minimum atomic E-state index is -4.55. The highest BCUT2D eigenvalue weighted by molar-refractivity contribution is 7.85. The van der Waals surface area contributed by atoms with E-state index in [4.69, 9.17) is 14.2 Å². The van der Waals surface area contributed by atoms with Crippen molar-refractivity contribution in [1.29, 1.82) is 0 Å². The summed E-state index contributed by atoms with van der Waals surface area (Å²) in [4.78, 5) is 38.5. The molecule has 19 heteroatoms. The van der Waals surface area contributed by atoms with E-state index in [2.05, 4.69) is 0 Å². The Balaban J connectivity index is 1.46.